The van der Waals surface area contributed by atoms with Crippen LogP contribution in [0.3, 0.4) is 0 Å². The first-order valence-electron chi connectivity index (χ1n) is 9.22. The zero-order valence-electron chi connectivity index (χ0n) is 15.9. The standard InChI is InChI=1S/C21H21ClN2O5/c1-2-28-18-6-4-3-5-17(18)23-19(25)13-29-21(27)14-11-20(26)24(12-14)16-9-7-15(22)8-10-16/h3-10,14H,2,11-13H2,1H3,(H,23,25)/t14-/m0/s1. The van der Waals surface area contributed by atoms with Gasteiger partial charge in [-0.05, 0) is 43.3 Å². The van der Waals surface area contributed by atoms with Crippen molar-refractivity contribution in [3.8, 4) is 5.75 Å². The van der Waals surface area contributed by atoms with E-state index in [0.717, 1.165) is 0 Å². The Kier molecular flexibility index (Phi) is 6.72. The van der Waals surface area contributed by atoms with E-state index >= 15 is 0 Å². The van der Waals surface area contributed by atoms with E-state index < -0.39 is 24.4 Å². The van der Waals surface area contributed by atoms with E-state index in [9.17, 15) is 14.4 Å². The normalized spacial score (nSPS) is 15.9. The zero-order chi connectivity index (χ0) is 20.8. The van der Waals surface area contributed by atoms with Gasteiger partial charge in [0, 0.05) is 23.7 Å². The molecular weight excluding hydrogens is 396 g/mol. The summed E-state index contributed by atoms with van der Waals surface area (Å²) in [5.74, 6) is -1.33. The average molecular weight is 417 g/mol. The number of anilines is 2. The van der Waals surface area contributed by atoms with Crippen LogP contribution in [0.4, 0.5) is 11.4 Å². The van der Waals surface area contributed by atoms with Crippen molar-refractivity contribution in [1.82, 2.24) is 0 Å². The third-order valence-electron chi connectivity index (χ3n) is 4.40. The van der Waals surface area contributed by atoms with Gasteiger partial charge in [-0.3, -0.25) is 14.4 Å². The number of amides is 2. The van der Waals surface area contributed by atoms with Crippen LogP contribution in [0.25, 0.3) is 0 Å². The summed E-state index contributed by atoms with van der Waals surface area (Å²) in [6.45, 7) is 2.07. The molecule has 1 fully saturated rings. The minimum Gasteiger partial charge on any atom is -0.492 e. The van der Waals surface area contributed by atoms with Crippen molar-refractivity contribution in [2.45, 2.75) is 13.3 Å². The molecule has 2 aromatic carbocycles. The smallest absolute Gasteiger partial charge is 0.311 e. The third-order valence-corrected chi connectivity index (χ3v) is 4.66. The molecule has 8 heteroatoms. The SMILES string of the molecule is CCOc1ccccc1NC(=O)COC(=O)[C@H]1CC(=O)N(c2ccc(Cl)cc2)C1. The Hall–Kier alpha value is -3.06. The lowest BCUT2D eigenvalue weighted by Crippen LogP contribution is -2.28. The molecule has 1 heterocycles. The third kappa shape index (κ3) is 5.26. The number of carbonyl (C=O) groups excluding carboxylic acids is 3. The molecule has 0 radical (unpaired) electrons. The fourth-order valence-corrected chi connectivity index (χ4v) is 3.15. The number of halogens is 1. The fourth-order valence-electron chi connectivity index (χ4n) is 3.03. The van der Waals surface area contributed by atoms with E-state index in [0.29, 0.717) is 28.8 Å². The molecule has 1 aliphatic rings. The Morgan fingerprint density at radius 2 is 1.90 bits per heavy atom. The molecule has 29 heavy (non-hydrogen) atoms. The van der Waals surface area contributed by atoms with Gasteiger partial charge in [-0.15, -0.1) is 0 Å². The molecule has 0 bridgehead atoms. The minimum atomic E-state index is -0.623. The first-order valence-corrected chi connectivity index (χ1v) is 9.60. The molecule has 1 saturated heterocycles. The van der Waals surface area contributed by atoms with Gasteiger partial charge in [0.05, 0.1) is 18.2 Å². The molecule has 3 rings (SSSR count). The van der Waals surface area contributed by atoms with E-state index in [-0.39, 0.29) is 18.9 Å². The van der Waals surface area contributed by atoms with Gasteiger partial charge >= 0.3 is 5.97 Å². The van der Waals surface area contributed by atoms with Crippen LogP contribution in [0.15, 0.2) is 48.5 Å². The van der Waals surface area contributed by atoms with Crippen LogP contribution >= 0.6 is 11.6 Å². The molecule has 152 valence electrons. The van der Waals surface area contributed by atoms with Gasteiger partial charge in [-0.1, -0.05) is 23.7 Å². The highest BCUT2D eigenvalue weighted by Gasteiger charge is 2.36. The molecule has 7 nitrogen and oxygen atoms in total. The maximum atomic E-state index is 12.3. The second-order valence-corrected chi connectivity index (χ2v) is 6.90. The quantitative estimate of drug-likeness (QED) is 0.700. The number of ether oxygens (including phenoxy) is 2. The van der Waals surface area contributed by atoms with Gasteiger partial charge in [0.25, 0.3) is 5.91 Å². The second-order valence-electron chi connectivity index (χ2n) is 6.47. The predicted molar refractivity (Wildman–Crippen MR) is 109 cm³/mol. The largest absolute Gasteiger partial charge is 0.492 e. The lowest BCUT2D eigenvalue weighted by molar-refractivity contribution is -0.151. The first-order chi connectivity index (χ1) is 14.0. The molecule has 0 saturated carbocycles. The highest BCUT2D eigenvalue weighted by atomic mass is 35.5. The monoisotopic (exact) mass is 416 g/mol. The number of nitrogens with one attached hydrogen (secondary N) is 1. The lowest BCUT2D eigenvalue weighted by atomic mass is 10.1. The van der Waals surface area contributed by atoms with Crippen molar-refractivity contribution < 1.29 is 23.9 Å². The van der Waals surface area contributed by atoms with Gasteiger partial charge in [0.1, 0.15) is 5.75 Å². The van der Waals surface area contributed by atoms with Crippen molar-refractivity contribution in [1.29, 1.82) is 0 Å². The summed E-state index contributed by atoms with van der Waals surface area (Å²) >= 11 is 5.87. The summed E-state index contributed by atoms with van der Waals surface area (Å²) < 4.78 is 10.6. The topological polar surface area (TPSA) is 84.9 Å². The van der Waals surface area contributed by atoms with Gasteiger partial charge in [-0.25, -0.2) is 0 Å². The van der Waals surface area contributed by atoms with Crippen LogP contribution in [0.2, 0.25) is 5.02 Å². The maximum Gasteiger partial charge on any atom is 0.311 e. The van der Waals surface area contributed by atoms with Crippen LogP contribution in [-0.4, -0.2) is 37.5 Å². The van der Waals surface area contributed by atoms with E-state index in [1.54, 1.807) is 48.5 Å². The van der Waals surface area contributed by atoms with Gasteiger partial charge in [0.15, 0.2) is 6.61 Å². The fraction of sp³-hybridized carbons (Fsp3) is 0.286. The Bertz CT molecular complexity index is 900. The van der Waals surface area contributed by atoms with Crippen molar-refractivity contribution in [2.75, 3.05) is 30.0 Å². The molecular formula is C21H21ClN2O5. The molecule has 0 aliphatic carbocycles. The summed E-state index contributed by atoms with van der Waals surface area (Å²) in [6, 6.07) is 13.8. The van der Waals surface area contributed by atoms with Crippen LogP contribution in [0.1, 0.15) is 13.3 Å². The summed E-state index contributed by atoms with van der Waals surface area (Å²) in [5.41, 5.74) is 1.17. The second kappa shape index (κ2) is 9.43. The Morgan fingerprint density at radius 1 is 1.17 bits per heavy atom. The van der Waals surface area contributed by atoms with Crippen LogP contribution in [0.5, 0.6) is 5.75 Å². The Morgan fingerprint density at radius 3 is 2.62 bits per heavy atom. The lowest BCUT2D eigenvalue weighted by Gasteiger charge is -2.16. The Balaban J connectivity index is 1.52. The highest BCUT2D eigenvalue weighted by Crippen LogP contribution is 2.27. The molecule has 1 aliphatic heterocycles. The van der Waals surface area contributed by atoms with E-state index in [1.165, 1.54) is 4.90 Å². The number of nitrogens with zero attached hydrogens (tertiary/aromatic N) is 1. The van der Waals surface area contributed by atoms with Crippen molar-refractivity contribution >= 4 is 40.8 Å². The number of rotatable bonds is 7. The number of hydrogen-bond acceptors (Lipinski definition) is 5. The molecule has 2 aromatic rings. The molecule has 1 N–H and O–H groups in total. The highest BCUT2D eigenvalue weighted by molar-refractivity contribution is 6.30. The van der Waals surface area contributed by atoms with E-state index in [2.05, 4.69) is 5.32 Å². The summed E-state index contributed by atoms with van der Waals surface area (Å²) in [7, 11) is 0. The molecule has 1 atom stereocenters. The molecule has 0 unspecified atom stereocenters. The zero-order valence-corrected chi connectivity index (χ0v) is 16.6. The number of esters is 1. The van der Waals surface area contributed by atoms with Gasteiger partial charge < -0.3 is 19.7 Å². The van der Waals surface area contributed by atoms with Crippen LogP contribution < -0.4 is 15.0 Å². The summed E-state index contributed by atoms with van der Waals surface area (Å²) in [4.78, 5) is 38.2. The van der Waals surface area contributed by atoms with Crippen molar-refractivity contribution in [2.24, 2.45) is 5.92 Å². The molecule has 0 aromatic heterocycles. The minimum absolute atomic E-state index is 0.0379. The maximum absolute atomic E-state index is 12.3. The number of benzene rings is 2. The van der Waals surface area contributed by atoms with Crippen LogP contribution in [0, 0.1) is 5.92 Å². The van der Waals surface area contributed by atoms with E-state index in [1.807, 2.05) is 6.92 Å². The van der Waals surface area contributed by atoms with Crippen molar-refractivity contribution in [3.63, 3.8) is 0 Å². The van der Waals surface area contributed by atoms with Crippen LogP contribution in [-0.2, 0) is 19.1 Å². The van der Waals surface area contributed by atoms with Gasteiger partial charge in [-0.2, -0.15) is 0 Å². The number of para-hydroxylation sites is 2. The summed E-state index contributed by atoms with van der Waals surface area (Å²) in [6.07, 6.45) is 0.0379. The molecule has 2 amide bonds. The average Bonchev–Trinajstić information content (AvgIpc) is 3.10. The summed E-state index contributed by atoms with van der Waals surface area (Å²) in [5, 5.41) is 3.22. The number of hydrogen-bond donors (Lipinski definition) is 1. The number of carbonyl (C=O) groups is 3. The molecule has 0 spiro atoms. The van der Waals surface area contributed by atoms with Crippen molar-refractivity contribution in [3.05, 3.63) is 53.6 Å². The van der Waals surface area contributed by atoms with E-state index in [4.69, 9.17) is 21.1 Å². The predicted octanol–water partition coefficient (Wildman–Crippen LogP) is 3.27. The first kappa shape index (κ1) is 20.7. The Labute approximate surface area is 173 Å². The van der Waals surface area contributed by atoms with Gasteiger partial charge in [0.2, 0.25) is 5.91 Å².